The van der Waals surface area contributed by atoms with Crippen LogP contribution in [-0.4, -0.2) is 38.5 Å². The van der Waals surface area contributed by atoms with Crippen molar-refractivity contribution in [1.29, 1.82) is 0 Å². The van der Waals surface area contributed by atoms with Crippen molar-refractivity contribution in [3.8, 4) is 0 Å². The summed E-state index contributed by atoms with van der Waals surface area (Å²) < 4.78 is 25.8. The zero-order chi connectivity index (χ0) is 12.5. The molecular weight excluding hydrogens is 242 g/mol. The summed E-state index contributed by atoms with van der Waals surface area (Å²) in [6.07, 6.45) is 5.15. The Balaban J connectivity index is 2.21. The molecule has 94 valence electrons. The summed E-state index contributed by atoms with van der Waals surface area (Å²) in [5.74, 6) is -0.325. The fourth-order valence-electron chi connectivity index (χ4n) is 1.99. The van der Waals surface area contributed by atoms with Crippen LogP contribution in [0, 0.1) is 0 Å². The number of likely N-dealkylation sites (tertiary alicyclic amines) is 1. The van der Waals surface area contributed by atoms with E-state index in [0.29, 0.717) is 13.1 Å². The number of carbonyl (C=O) groups excluding carboxylic acids is 1. The summed E-state index contributed by atoms with van der Waals surface area (Å²) in [5.41, 5.74) is 5.43. The van der Waals surface area contributed by atoms with E-state index in [1.807, 2.05) is 0 Å². The predicted octanol–water partition coefficient (Wildman–Crippen LogP) is -0.0265. The molecule has 1 saturated heterocycles. The second-order valence-corrected chi connectivity index (χ2v) is 5.79. The molecule has 0 aliphatic carbocycles. The van der Waals surface area contributed by atoms with Crippen molar-refractivity contribution in [2.24, 2.45) is 10.1 Å². The molecule has 0 bridgehead atoms. The van der Waals surface area contributed by atoms with Crippen LogP contribution in [0.5, 0.6) is 0 Å². The second kappa shape index (κ2) is 4.48. The normalized spacial score (nSPS) is 23.9. The van der Waals surface area contributed by atoms with Gasteiger partial charge in [-0.2, -0.15) is 12.8 Å². The van der Waals surface area contributed by atoms with E-state index in [2.05, 4.69) is 4.40 Å². The van der Waals surface area contributed by atoms with Crippen molar-refractivity contribution in [2.75, 3.05) is 13.1 Å². The molecule has 2 heterocycles. The van der Waals surface area contributed by atoms with Crippen LogP contribution in [0.15, 0.2) is 15.0 Å². The first-order valence-corrected chi connectivity index (χ1v) is 7.06. The third-order valence-corrected chi connectivity index (χ3v) is 4.15. The van der Waals surface area contributed by atoms with Gasteiger partial charge in [0.15, 0.2) is 5.03 Å². The molecule has 2 aliphatic rings. The van der Waals surface area contributed by atoms with Gasteiger partial charge in [-0.15, -0.1) is 0 Å². The maximum Gasteiger partial charge on any atom is 0.298 e. The minimum Gasteiger partial charge on any atom is -0.387 e. The first-order chi connectivity index (χ1) is 8.02. The highest BCUT2D eigenvalue weighted by Crippen LogP contribution is 2.19. The molecule has 2 N–H and O–H groups in total. The number of nitrogens with zero attached hydrogens (tertiary/aromatic N) is 2. The Bertz CT molecular complexity index is 485. The number of rotatable bonds is 1. The topological polar surface area (TPSA) is 92.8 Å². The van der Waals surface area contributed by atoms with Crippen LogP contribution in [0.1, 0.15) is 25.7 Å². The number of amides is 1. The Morgan fingerprint density at radius 2 is 1.82 bits per heavy atom. The average Bonchev–Trinajstić information content (AvgIpc) is 2.52. The smallest absolute Gasteiger partial charge is 0.298 e. The van der Waals surface area contributed by atoms with Gasteiger partial charge in [0.05, 0.1) is 11.8 Å². The van der Waals surface area contributed by atoms with Crippen molar-refractivity contribution < 1.29 is 13.2 Å². The van der Waals surface area contributed by atoms with Gasteiger partial charge >= 0.3 is 0 Å². The summed E-state index contributed by atoms with van der Waals surface area (Å²) in [4.78, 5) is 13.7. The molecule has 0 atom stereocenters. The van der Waals surface area contributed by atoms with Gasteiger partial charge in [-0.25, -0.2) is 0 Å². The van der Waals surface area contributed by atoms with Crippen LogP contribution in [0.25, 0.3) is 0 Å². The van der Waals surface area contributed by atoms with Crippen LogP contribution in [-0.2, 0) is 14.8 Å². The lowest BCUT2D eigenvalue weighted by molar-refractivity contribution is -0.126. The standard InChI is InChI=1S/C10H15N3O3S/c11-9-8(7-12-17(9,15)16)10(14)13-5-3-1-2-4-6-13/h7H,1-6,11H2. The third kappa shape index (κ3) is 2.33. The monoisotopic (exact) mass is 257 g/mol. The van der Waals surface area contributed by atoms with Crippen molar-refractivity contribution in [3.63, 3.8) is 0 Å². The van der Waals surface area contributed by atoms with Gasteiger partial charge in [0.1, 0.15) is 0 Å². The molecule has 0 spiro atoms. The molecule has 2 aliphatic heterocycles. The molecular formula is C10H15N3O3S. The van der Waals surface area contributed by atoms with Crippen molar-refractivity contribution >= 4 is 22.1 Å². The summed E-state index contributed by atoms with van der Waals surface area (Å²) in [7, 11) is -3.79. The van der Waals surface area contributed by atoms with E-state index in [1.165, 1.54) is 0 Å². The van der Waals surface area contributed by atoms with Gasteiger partial charge < -0.3 is 10.6 Å². The van der Waals surface area contributed by atoms with Crippen molar-refractivity contribution in [3.05, 3.63) is 10.6 Å². The van der Waals surface area contributed by atoms with Crippen LogP contribution in [0.2, 0.25) is 0 Å². The largest absolute Gasteiger partial charge is 0.387 e. The van der Waals surface area contributed by atoms with E-state index in [9.17, 15) is 13.2 Å². The third-order valence-electron chi connectivity index (χ3n) is 2.99. The van der Waals surface area contributed by atoms with E-state index in [0.717, 1.165) is 31.9 Å². The highest BCUT2D eigenvalue weighted by Gasteiger charge is 2.30. The lowest BCUT2D eigenvalue weighted by Gasteiger charge is -2.19. The Morgan fingerprint density at radius 3 is 2.29 bits per heavy atom. The van der Waals surface area contributed by atoms with Gasteiger partial charge in [0.25, 0.3) is 15.9 Å². The lowest BCUT2D eigenvalue weighted by atomic mass is 10.2. The first-order valence-electron chi connectivity index (χ1n) is 5.62. The molecule has 0 aromatic heterocycles. The van der Waals surface area contributed by atoms with Crippen LogP contribution in [0.4, 0.5) is 0 Å². The Kier molecular flexibility index (Phi) is 3.19. The number of sulfonamides is 1. The van der Waals surface area contributed by atoms with Crippen molar-refractivity contribution in [1.82, 2.24) is 4.90 Å². The molecule has 0 radical (unpaired) electrons. The Labute approximate surface area is 100 Å². The number of nitrogens with two attached hydrogens (primary N) is 1. The maximum absolute atomic E-state index is 12.1. The highest BCUT2D eigenvalue weighted by molar-refractivity contribution is 7.94. The predicted molar refractivity (Wildman–Crippen MR) is 63.7 cm³/mol. The molecule has 0 unspecified atom stereocenters. The minimum absolute atomic E-state index is 0.00639. The zero-order valence-corrected chi connectivity index (χ0v) is 10.2. The van der Waals surface area contributed by atoms with Gasteiger partial charge in [-0.05, 0) is 12.8 Å². The Morgan fingerprint density at radius 1 is 1.24 bits per heavy atom. The average molecular weight is 257 g/mol. The maximum atomic E-state index is 12.1. The van der Waals surface area contributed by atoms with Crippen LogP contribution in [0.3, 0.4) is 0 Å². The minimum atomic E-state index is -3.79. The van der Waals surface area contributed by atoms with Gasteiger partial charge in [0, 0.05) is 13.1 Å². The zero-order valence-electron chi connectivity index (χ0n) is 9.42. The lowest BCUT2D eigenvalue weighted by Crippen LogP contribution is -2.34. The second-order valence-electron chi connectivity index (χ2n) is 4.19. The SMILES string of the molecule is NC1=C(C(=O)N2CCCCCC2)C=NS1(=O)=O. The molecule has 2 rings (SSSR count). The van der Waals surface area contributed by atoms with E-state index in [4.69, 9.17) is 5.73 Å². The van der Waals surface area contributed by atoms with E-state index in [-0.39, 0.29) is 11.5 Å². The number of carbonyl (C=O) groups is 1. The molecule has 0 saturated carbocycles. The summed E-state index contributed by atoms with van der Waals surface area (Å²) >= 11 is 0. The molecule has 0 aromatic carbocycles. The Hall–Kier alpha value is -1.37. The highest BCUT2D eigenvalue weighted by atomic mass is 32.2. The van der Waals surface area contributed by atoms with Crippen LogP contribution < -0.4 is 5.73 Å². The van der Waals surface area contributed by atoms with E-state index >= 15 is 0 Å². The van der Waals surface area contributed by atoms with Gasteiger partial charge in [-0.3, -0.25) is 4.79 Å². The molecule has 6 nitrogen and oxygen atoms in total. The van der Waals surface area contributed by atoms with E-state index < -0.39 is 15.1 Å². The summed E-state index contributed by atoms with van der Waals surface area (Å²) in [6.45, 7) is 1.31. The van der Waals surface area contributed by atoms with Gasteiger partial charge in [0.2, 0.25) is 0 Å². The van der Waals surface area contributed by atoms with Gasteiger partial charge in [-0.1, -0.05) is 12.8 Å². The number of hydrogen-bond donors (Lipinski definition) is 1. The quantitative estimate of drug-likeness (QED) is 0.714. The fourth-order valence-corrected chi connectivity index (χ4v) is 2.76. The molecule has 1 fully saturated rings. The summed E-state index contributed by atoms with van der Waals surface area (Å²) in [5, 5.41) is -0.424. The summed E-state index contributed by atoms with van der Waals surface area (Å²) in [6, 6.07) is 0. The molecule has 0 aromatic rings. The molecule has 7 heteroatoms. The molecule has 17 heavy (non-hydrogen) atoms. The first kappa shape index (κ1) is 12.1. The van der Waals surface area contributed by atoms with Crippen molar-refractivity contribution in [2.45, 2.75) is 25.7 Å². The number of hydrogen-bond acceptors (Lipinski definition) is 4. The van der Waals surface area contributed by atoms with Crippen LogP contribution >= 0.6 is 0 Å². The molecule has 1 amide bonds. The van der Waals surface area contributed by atoms with E-state index in [1.54, 1.807) is 4.90 Å². The fraction of sp³-hybridized carbons (Fsp3) is 0.600.